The van der Waals surface area contributed by atoms with E-state index in [4.69, 9.17) is 4.74 Å². The van der Waals surface area contributed by atoms with Crippen LogP contribution < -0.4 is 4.74 Å². The number of aliphatic hydroxyl groups is 1. The summed E-state index contributed by atoms with van der Waals surface area (Å²) < 4.78 is 17.8. The molecule has 0 atom stereocenters. The van der Waals surface area contributed by atoms with Gasteiger partial charge >= 0.3 is 0 Å². The van der Waals surface area contributed by atoms with Crippen LogP contribution in [0.4, 0.5) is 4.39 Å². The molecule has 3 heteroatoms. The van der Waals surface area contributed by atoms with Crippen LogP contribution in [0.25, 0.3) is 0 Å². The third-order valence-electron chi connectivity index (χ3n) is 2.09. The van der Waals surface area contributed by atoms with Crippen molar-refractivity contribution in [1.29, 1.82) is 0 Å². The molecular formula is C11H15FO2. The van der Waals surface area contributed by atoms with E-state index in [9.17, 15) is 9.50 Å². The van der Waals surface area contributed by atoms with Crippen molar-refractivity contribution in [3.63, 3.8) is 0 Å². The monoisotopic (exact) mass is 198 g/mol. The van der Waals surface area contributed by atoms with Crippen LogP contribution in [0.3, 0.4) is 0 Å². The Labute approximate surface area is 83.3 Å². The molecule has 0 saturated carbocycles. The van der Waals surface area contributed by atoms with Crippen LogP contribution in [0, 0.1) is 0 Å². The van der Waals surface area contributed by atoms with E-state index in [1.807, 2.05) is 0 Å². The molecule has 1 aromatic carbocycles. The lowest BCUT2D eigenvalue weighted by atomic mass is 9.92. The van der Waals surface area contributed by atoms with Crippen LogP contribution >= 0.6 is 0 Å². The summed E-state index contributed by atoms with van der Waals surface area (Å²) in [4.78, 5) is 0. The number of alkyl halides is 1. The first kappa shape index (κ1) is 11.0. The minimum Gasteiger partial charge on any atom is -0.496 e. The van der Waals surface area contributed by atoms with Crippen molar-refractivity contribution in [2.75, 3.05) is 7.11 Å². The average Bonchev–Trinajstić information content (AvgIpc) is 2.15. The maximum absolute atomic E-state index is 12.7. The van der Waals surface area contributed by atoms with Gasteiger partial charge in [0.1, 0.15) is 12.4 Å². The molecule has 14 heavy (non-hydrogen) atoms. The van der Waals surface area contributed by atoms with Gasteiger partial charge in [-0.3, -0.25) is 0 Å². The summed E-state index contributed by atoms with van der Waals surface area (Å²) >= 11 is 0. The van der Waals surface area contributed by atoms with Crippen molar-refractivity contribution in [2.24, 2.45) is 0 Å². The van der Waals surface area contributed by atoms with Gasteiger partial charge in [0.15, 0.2) is 0 Å². The van der Waals surface area contributed by atoms with Gasteiger partial charge in [-0.2, -0.15) is 0 Å². The fourth-order valence-electron chi connectivity index (χ4n) is 1.55. The molecule has 0 aliphatic heterocycles. The van der Waals surface area contributed by atoms with Crippen molar-refractivity contribution >= 4 is 0 Å². The topological polar surface area (TPSA) is 29.5 Å². The molecule has 78 valence electrons. The highest BCUT2D eigenvalue weighted by Crippen LogP contribution is 2.32. The summed E-state index contributed by atoms with van der Waals surface area (Å²) in [6, 6.07) is 5.07. The molecule has 0 spiro atoms. The van der Waals surface area contributed by atoms with E-state index < -0.39 is 12.3 Å². The number of hydrogen-bond donors (Lipinski definition) is 1. The molecule has 0 radical (unpaired) electrons. The van der Waals surface area contributed by atoms with Crippen molar-refractivity contribution in [2.45, 2.75) is 26.1 Å². The molecule has 0 bridgehead atoms. The Morgan fingerprint density at radius 1 is 1.43 bits per heavy atom. The van der Waals surface area contributed by atoms with E-state index in [2.05, 4.69) is 0 Å². The summed E-state index contributed by atoms with van der Waals surface area (Å²) in [5.41, 5.74) is -0.101. The van der Waals surface area contributed by atoms with Crippen molar-refractivity contribution in [1.82, 2.24) is 0 Å². The Balaban J connectivity index is 3.34. The Morgan fingerprint density at radius 3 is 2.50 bits per heavy atom. The van der Waals surface area contributed by atoms with Gasteiger partial charge in [-0.1, -0.05) is 12.1 Å². The summed E-state index contributed by atoms with van der Waals surface area (Å²) in [5, 5.41) is 9.87. The van der Waals surface area contributed by atoms with E-state index in [1.165, 1.54) is 7.11 Å². The van der Waals surface area contributed by atoms with Crippen LogP contribution in [0.1, 0.15) is 25.0 Å². The summed E-state index contributed by atoms with van der Waals surface area (Å²) in [6.45, 7) is 2.63. The van der Waals surface area contributed by atoms with Crippen LogP contribution in [0.2, 0.25) is 0 Å². The molecule has 1 aromatic rings. The standard InChI is InChI=1S/C11H15FO2/c1-11(2,13)10-8(7-12)5-4-6-9(10)14-3/h4-6,13H,7H2,1-3H3. The van der Waals surface area contributed by atoms with E-state index in [0.29, 0.717) is 16.9 Å². The van der Waals surface area contributed by atoms with Crippen molar-refractivity contribution < 1.29 is 14.2 Å². The second-order valence-corrected chi connectivity index (χ2v) is 3.69. The van der Waals surface area contributed by atoms with Gasteiger partial charge < -0.3 is 9.84 Å². The highest BCUT2D eigenvalue weighted by atomic mass is 19.1. The molecule has 1 rings (SSSR count). The number of benzene rings is 1. The summed E-state index contributed by atoms with van der Waals surface area (Å²) in [6.07, 6.45) is 0. The minimum absolute atomic E-state index is 0.469. The fourth-order valence-corrected chi connectivity index (χ4v) is 1.55. The van der Waals surface area contributed by atoms with Gasteiger partial charge in [0.05, 0.1) is 12.7 Å². The highest BCUT2D eigenvalue weighted by Gasteiger charge is 2.24. The molecule has 1 N–H and O–H groups in total. The zero-order valence-corrected chi connectivity index (χ0v) is 8.67. The molecule has 2 nitrogen and oxygen atoms in total. The predicted octanol–water partition coefficient (Wildman–Crippen LogP) is 2.39. The lowest BCUT2D eigenvalue weighted by Gasteiger charge is -2.23. The number of ether oxygens (including phenoxy) is 1. The molecule has 0 amide bonds. The first-order valence-electron chi connectivity index (χ1n) is 4.45. The fraction of sp³-hybridized carbons (Fsp3) is 0.455. The van der Waals surface area contributed by atoms with Gasteiger partial charge in [0.25, 0.3) is 0 Å². The Hall–Kier alpha value is -1.09. The Kier molecular flexibility index (Phi) is 3.11. The lowest BCUT2D eigenvalue weighted by molar-refractivity contribution is 0.0740. The van der Waals surface area contributed by atoms with Gasteiger partial charge in [-0.15, -0.1) is 0 Å². The zero-order chi connectivity index (χ0) is 10.8. The SMILES string of the molecule is COc1cccc(CF)c1C(C)(C)O. The predicted molar refractivity (Wildman–Crippen MR) is 53.1 cm³/mol. The van der Waals surface area contributed by atoms with Crippen LogP contribution in [-0.2, 0) is 12.3 Å². The molecule has 0 aromatic heterocycles. The van der Waals surface area contributed by atoms with Gasteiger partial charge in [-0.05, 0) is 25.5 Å². The van der Waals surface area contributed by atoms with Crippen molar-refractivity contribution in [3.05, 3.63) is 29.3 Å². The first-order valence-corrected chi connectivity index (χ1v) is 4.45. The van der Waals surface area contributed by atoms with E-state index in [0.717, 1.165) is 0 Å². The number of hydrogen-bond acceptors (Lipinski definition) is 2. The number of rotatable bonds is 3. The Bertz CT molecular complexity index is 293. The molecule has 0 heterocycles. The lowest BCUT2D eigenvalue weighted by Crippen LogP contribution is -2.19. The molecule has 0 aliphatic carbocycles. The third kappa shape index (κ3) is 2.04. The normalized spacial score (nSPS) is 11.5. The molecule has 0 fully saturated rings. The number of halogens is 1. The molecule has 0 saturated heterocycles. The summed E-state index contributed by atoms with van der Waals surface area (Å²) in [7, 11) is 1.51. The number of methoxy groups -OCH3 is 1. The van der Waals surface area contributed by atoms with Crippen molar-refractivity contribution in [3.8, 4) is 5.75 Å². The third-order valence-corrected chi connectivity index (χ3v) is 2.09. The van der Waals surface area contributed by atoms with E-state index in [-0.39, 0.29) is 0 Å². The van der Waals surface area contributed by atoms with Gasteiger partial charge in [0, 0.05) is 5.56 Å². The smallest absolute Gasteiger partial charge is 0.125 e. The van der Waals surface area contributed by atoms with Crippen LogP contribution in [0.5, 0.6) is 5.75 Å². The second kappa shape index (κ2) is 3.96. The van der Waals surface area contributed by atoms with E-state index >= 15 is 0 Å². The van der Waals surface area contributed by atoms with Crippen LogP contribution in [-0.4, -0.2) is 12.2 Å². The van der Waals surface area contributed by atoms with Crippen LogP contribution in [0.15, 0.2) is 18.2 Å². The van der Waals surface area contributed by atoms with E-state index in [1.54, 1.807) is 32.0 Å². The Morgan fingerprint density at radius 2 is 2.07 bits per heavy atom. The largest absolute Gasteiger partial charge is 0.496 e. The highest BCUT2D eigenvalue weighted by molar-refractivity contribution is 5.43. The summed E-state index contributed by atoms with van der Waals surface area (Å²) in [5.74, 6) is 0.521. The first-order chi connectivity index (χ1) is 6.50. The molecule has 0 unspecified atom stereocenters. The molecular weight excluding hydrogens is 183 g/mol. The van der Waals surface area contributed by atoms with Gasteiger partial charge in [0.2, 0.25) is 0 Å². The quantitative estimate of drug-likeness (QED) is 0.808. The maximum atomic E-state index is 12.7. The molecule has 0 aliphatic rings. The average molecular weight is 198 g/mol. The minimum atomic E-state index is -1.09. The second-order valence-electron chi connectivity index (χ2n) is 3.69. The maximum Gasteiger partial charge on any atom is 0.125 e. The van der Waals surface area contributed by atoms with Gasteiger partial charge in [-0.25, -0.2) is 4.39 Å². The zero-order valence-electron chi connectivity index (χ0n) is 8.67.